The van der Waals surface area contributed by atoms with Gasteiger partial charge in [0.25, 0.3) is 0 Å². The van der Waals surface area contributed by atoms with Crippen LogP contribution in [0.1, 0.15) is 19.4 Å². The lowest BCUT2D eigenvalue weighted by atomic mass is 9.96. The molecule has 0 unspecified atom stereocenters. The molecule has 0 bridgehead atoms. The smallest absolute Gasteiger partial charge is 0.0790 e. The summed E-state index contributed by atoms with van der Waals surface area (Å²) in [6.45, 7) is 4.04. The predicted molar refractivity (Wildman–Crippen MR) is 70.5 cm³/mol. The van der Waals surface area contributed by atoms with Crippen LogP contribution in [0.2, 0.25) is 5.02 Å². The summed E-state index contributed by atoms with van der Waals surface area (Å²) in [6, 6.07) is 8.17. The van der Waals surface area contributed by atoms with Gasteiger partial charge in [-0.1, -0.05) is 23.7 Å². The van der Waals surface area contributed by atoms with Gasteiger partial charge in [0.15, 0.2) is 0 Å². The Morgan fingerprint density at radius 3 is 2.41 bits per heavy atom. The van der Waals surface area contributed by atoms with Crippen molar-refractivity contribution in [1.29, 1.82) is 0 Å². The number of hydrogen-bond donors (Lipinski definition) is 1. The first-order valence-electron chi connectivity index (χ1n) is 5.52. The van der Waals surface area contributed by atoms with E-state index in [4.69, 9.17) is 17.3 Å². The van der Waals surface area contributed by atoms with E-state index in [0.29, 0.717) is 5.02 Å². The van der Waals surface area contributed by atoms with Crippen molar-refractivity contribution < 1.29 is 0 Å². The van der Waals surface area contributed by atoms with Crippen LogP contribution < -0.4 is 5.73 Å². The molecule has 0 saturated carbocycles. The third-order valence-corrected chi connectivity index (χ3v) is 2.61. The Morgan fingerprint density at radius 1 is 1.29 bits per heavy atom. The molecule has 0 aliphatic heterocycles. The molecule has 0 fully saturated rings. The maximum absolute atomic E-state index is 5.98. The van der Waals surface area contributed by atoms with E-state index in [-0.39, 0.29) is 5.54 Å². The minimum Gasteiger partial charge on any atom is -0.325 e. The molecule has 0 amide bonds. The Morgan fingerprint density at radius 2 is 1.94 bits per heavy atom. The van der Waals surface area contributed by atoms with Gasteiger partial charge in [-0.2, -0.15) is 5.10 Å². The molecule has 90 valence electrons. The number of nitrogens with two attached hydrogens (primary N) is 1. The zero-order valence-electron chi connectivity index (χ0n) is 10.0. The summed E-state index contributed by atoms with van der Waals surface area (Å²) in [7, 11) is 0. The van der Waals surface area contributed by atoms with Crippen LogP contribution in [-0.2, 0) is 6.42 Å². The second-order valence-electron chi connectivity index (χ2n) is 4.93. The lowest BCUT2D eigenvalue weighted by Crippen LogP contribution is -2.34. The van der Waals surface area contributed by atoms with Gasteiger partial charge in [-0.15, -0.1) is 0 Å². The van der Waals surface area contributed by atoms with Crippen LogP contribution in [0.25, 0.3) is 5.69 Å². The number of hydrogen-bond acceptors (Lipinski definition) is 2. The summed E-state index contributed by atoms with van der Waals surface area (Å²) in [4.78, 5) is 0. The van der Waals surface area contributed by atoms with E-state index in [0.717, 1.165) is 12.1 Å². The Hall–Kier alpha value is -1.32. The fourth-order valence-corrected chi connectivity index (χ4v) is 1.87. The van der Waals surface area contributed by atoms with Crippen molar-refractivity contribution in [2.75, 3.05) is 0 Å². The van der Waals surface area contributed by atoms with Crippen molar-refractivity contribution in [2.24, 2.45) is 5.73 Å². The van der Waals surface area contributed by atoms with Gasteiger partial charge in [0.1, 0.15) is 0 Å². The SMILES string of the molecule is CC(C)(N)Cc1ccc(-n2cc(Cl)cn2)cc1. The molecule has 0 aliphatic carbocycles. The second-order valence-corrected chi connectivity index (χ2v) is 5.37. The summed E-state index contributed by atoms with van der Waals surface area (Å²) in [5.41, 5.74) is 8.02. The number of nitrogens with zero attached hydrogens (tertiary/aromatic N) is 2. The van der Waals surface area contributed by atoms with Gasteiger partial charge in [0, 0.05) is 11.7 Å². The van der Waals surface area contributed by atoms with Crippen LogP contribution in [0.5, 0.6) is 0 Å². The molecule has 3 nitrogen and oxygen atoms in total. The molecule has 2 N–H and O–H groups in total. The first-order valence-corrected chi connectivity index (χ1v) is 5.90. The average Bonchev–Trinajstić information content (AvgIpc) is 2.63. The van der Waals surface area contributed by atoms with E-state index in [9.17, 15) is 0 Å². The molecule has 0 atom stereocenters. The highest BCUT2D eigenvalue weighted by Gasteiger charge is 2.11. The summed E-state index contributed by atoms with van der Waals surface area (Å²) in [6.07, 6.45) is 4.26. The number of rotatable bonds is 3. The zero-order chi connectivity index (χ0) is 12.5. The quantitative estimate of drug-likeness (QED) is 0.909. The molecule has 0 aliphatic rings. The van der Waals surface area contributed by atoms with E-state index < -0.39 is 0 Å². The van der Waals surface area contributed by atoms with Crippen LogP contribution in [0, 0.1) is 0 Å². The van der Waals surface area contributed by atoms with Crippen molar-refractivity contribution in [3.8, 4) is 5.69 Å². The average molecular weight is 250 g/mol. The van der Waals surface area contributed by atoms with Crippen molar-refractivity contribution in [2.45, 2.75) is 25.8 Å². The van der Waals surface area contributed by atoms with Crippen molar-refractivity contribution >= 4 is 11.6 Å². The van der Waals surface area contributed by atoms with E-state index in [2.05, 4.69) is 17.2 Å². The first-order chi connectivity index (χ1) is 7.94. The van der Waals surface area contributed by atoms with Gasteiger partial charge >= 0.3 is 0 Å². The summed E-state index contributed by atoms with van der Waals surface area (Å²) >= 11 is 5.83. The van der Waals surface area contributed by atoms with Crippen molar-refractivity contribution in [3.05, 3.63) is 47.2 Å². The fourth-order valence-electron chi connectivity index (χ4n) is 1.73. The van der Waals surface area contributed by atoms with E-state index in [1.807, 2.05) is 26.0 Å². The van der Waals surface area contributed by atoms with E-state index in [1.54, 1.807) is 17.1 Å². The molecule has 4 heteroatoms. The Kier molecular flexibility index (Phi) is 3.22. The van der Waals surface area contributed by atoms with Crippen LogP contribution in [-0.4, -0.2) is 15.3 Å². The monoisotopic (exact) mass is 249 g/mol. The molecular weight excluding hydrogens is 234 g/mol. The second kappa shape index (κ2) is 4.51. The Bertz CT molecular complexity index is 494. The number of benzene rings is 1. The number of aromatic nitrogens is 2. The van der Waals surface area contributed by atoms with Crippen LogP contribution in [0.4, 0.5) is 0 Å². The summed E-state index contributed by atoms with van der Waals surface area (Å²) in [5, 5.41) is 4.79. The molecule has 0 saturated heterocycles. The highest BCUT2D eigenvalue weighted by atomic mass is 35.5. The van der Waals surface area contributed by atoms with Crippen LogP contribution >= 0.6 is 11.6 Å². The molecule has 1 heterocycles. The van der Waals surface area contributed by atoms with Crippen molar-refractivity contribution in [3.63, 3.8) is 0 Å². The summed E-state index contributed by atoms with van der Waals surface area (Å²) < 4.78 is 1.75. The minimum atomic E-state index is -0.184. The van der Waals surface area contributed by atoms with Gasteiger partial charge in [0.2, 0.25) is 0 Å². The molecule has 2 aromatic rings. The van der Waals surface area contributed by atoms with Gasteiger partial charge < -0.3 is 5.73 Å². The third-order valence-electron chi connectivity index (χ3n) is 2.41. The highest BCUT2D eigenvalue weighted by Crippen LogP contribution is 2.15. The van der Waals surface area contributed by atoms with Gasteiger partial charge in [-0.25, -0.2) is 4.68 Å². The predicted octanol–water partition coefficient (Wildman–Crippen LogP) is 2.81. The maximum Gasteiger partial charge on any atom is 0.0790 e. The van der Waals surface area contributed by atoms with Gasteiger partial charge in [0.05, 0.1) is 16.9 Å². The van der Waals surface area contributed by atoms with Gasteiger partial charge in [-0.3, -0.25) is 0 Å². The topological polar surface area (TPSA) is 43.8 Å². The largest absolute Gasteiger partial charge is 0.325 e. The number of halogens is 1. The molecule has 0 spiro atoms. The van der Waals surface area contributed by atoms with Gasteiger partial charge in [-0.05, 0) is 38.0 Å². The van der Waals surface area contributed by atoms with Crippen molar-refractivity contribution in [1.82, 2.24) is 9.78 Å². The zero-order valence-corrected chi connectivity index (χ0v) is 10.8. The minimum absolute atomic E-state index is 0.184. The standard InChI is InChI=1S/C13H16ClN3/c1-13(2,15)7-10-3-5-12(6-4-10)17-9-11(14)8-16-17/h3-6,8-9H,7,15H2,1-2H3. The lowest BCUT2D eigenvalue weighted by molar-refractivity contribution is 0.517. The molecule has 1 aromatic heterocycles. The first kappa shape index (κ1) is 12.1. The van der Waals surface area contributed by atoms with Crippen LogP contribution in [0.3, 0.4) is 0 Å². The molecular formula is C13H16ClN3. The fraction of sp³-hybridized carbons (Fsp3) is 0.308. The summed E-state index contributed by atoms with van der Waals surface area (Å²) in [5.74, 6) is 0. The van der Waals surface area contributed by atoms with Crippen LogP contribution in [0.15, 0.2) is 36.7 Å². The Balaban J connectivity index is 2.19. The molecule has 0 radical (unpaired) electrons. The molecule has 2 rings (SSSR count). The molecule has 17 heavy (non-hydrogen) atoms. The molecule has 1 aromatic carbocycles. The maximum atomic E-state index is 5.98. The normalized spacial score (nSPS) is 11.8. The van der Waals surface area contributed by atoms with E-state index in [1.165, 1.54) is 5.56 Å². The Labute approximate surface area is 106 Å². The lowest BCUT2D eigenvalue weighted by Gasteiger charge is -2.18. The van der Waals surface area contributed by atoms with E-state index >= 15 is 0 Å². The highest BCUT2D eigenvalue weighted by molar-refractivity contribution is 6.30. The third kappa shape index (κ3) is 3.32.